The van der Waals surface area contributed by atoms with Crippen LogP contribution in [0.5, 0.6) is 0 Å². The summed E-state index contributed by atoms with van der Waals surface area (Å²) in [5.74, 6) is -2.36. The summed E-state index contributed by atoms with van der Waals surface area (Å²) < 4.78 is 24.3. The van der Waals surface area contributed by atoms with Crippen LogP contribution in [0.1, 0.15) is 31.2 Å². The summed E-state index contributed by atoms with van der Waals surface area (Å²) in [4.78, 5) is 0.598. The molecule has 1 aromatic rings. The van der Waals surface area contributed by atoms with Crippen molar-refractivity contribution in [2.75, 3.05) is 0 Å². The third-order valence-corrected chi connectivity index (χ3v) is 3.87. The lowest BCUT2D eigenvalue weighted by molar-refractivity contribution is 0.252. The van der Waals surface area contributed by atoms with Crippen molar-refractivity contribution in [2.24, 2.45) is 5.73 Å². The van der Waals surface area contributed by atoms with Gasteiger partial charge < -0.3 is 5.73 Å². The summed E-state index contributed by atoms with van der Waals surface area (Å²) in [6.45, 7) is 0. The van der Waals surface area contributed by atoms with Crippen LogP contribution in [0, 0.1) is 0 Å². The number of nitrogens with two attached hydrogens (primary N) is 1. The average Bonchev–Trinajstić information content (AvgIpc) is 2.66. The first-order valence-electron chi connectivity index (χ1n) is 5.44. The second-order valence-electron chi connectivity index (χ2n) is 4.27. The molecule has 0 saturated heterocycles. The smallest absolute Gasteiger partial charge is 0.288 e. The van der Waals surface area contributed by atoms with Gasteiger partial charge in [-0.25, -0.2) is 0 Å². The van der Waals surface area contributed by atoms with Crippen LogP contribution in [0.2, 0.25) is 0 Å². The first-order valence-corrected chi connectivity index (χ1v) is 6.32. The fourth-order valence-electron chi connectivity index (χ4n) is 2.26. The Kier molecular flexibility index (Phi) is 3.50. The molecule has 0 aliphatic heterocycles. The molecule has 0 radical (unpaired) electrons. The molecule has 16 heavy (non-hydrogen) atoms. The van der Waals surface area contributed by atoms with E-state index in [1.165, 1.54) is 0 Å². The highest BCUT2D eigenvalue weighted by Crippen LogP contribution is 2.37. The molecule has 1 fully saturated rings. The molecule has 0 amide bonds. The Balaban J connectivity index is 2.12. The van der Waals surface area contributed by atoms with E-state index in [0.717, 1.165) is 31.2 Å². The van der Waals surface area contributed by atoms with Crippen LogP contribution in [-0.2, 0) is 5.54 Å². The van der Waals surface area contributed by atoms with Gasteiger partial charge in [0.2, 0.25) is 0 Å². The molecular formula is C12H15F2NS. The first-order chi connectivity index (χ1) is 7.60. The zero-order valence-corrected chi connectivity index (χ0v) is 9.77. The molecule has 0 atom stereocenters. The minimum absolute atomic E-state index is 0.228. The van der Waals surface area contributed by atoms with Gasteiger partial charge in [-0.1, -0.05) is 36.7 Å². The molecular weight excluding hydrogens is 228 g/mol. The van der Waals surface area contributed by atoms with E-state index in [0.29, 0.717) is 16.7 Å². The average molecular weight is 243 g/mol. The highest BCUT2D eigenvalue weighted by Gasteiger charge is 2.30. The zero-order chi connectivity index (χ0) is 11.6. The van der Waals surface area contributed by atoms with E-state index in [4.69, 9.17) is 5.73 Å². The van der Waals surface area contributed by atoms with Gasteiger partial charge in [0.15, 0.2) is 0 Å². The minimum Gasteiger partial charge on any atom is -0.321 e. The fraction of sp³-hybridized carbons (Fsp3) is 0.500. The van der Waals surface area contributed by atoms with Crippen LogP contribution >= 0.6 is 11.8 Å². The number of hydrogen-bond donors (Lipinski definition) is 1. The molecule has 2 rings (SSSR count). The molecule has 0 aromatic heterocycles. The summed E-state index contributed by atoms with van der Waals surface area (Å²) in [6.07, 6.45) is 4.30. The third kappa shape index (κ3) is 2.55. The van der Waals surface area contributed by atoms with Crippen molar-refractivity contribution in [2.45, 2.75) is 41.9 Å². The highest BCUT2D eigenvalue weighted by molar-refractivity contribution is 7.99. The van der Waals surface area contributed by atoms with Crippen LogP contribution in [-0.4, -0.2) is 5.76 Å². The molecule has 1 aliphatic rings. The summed E-state index contributed by atoms with van der Waals surface area (Å²) in [6, 6.07) is 7.24. The van der Waals surface area contributed by atoms with Crippen LogP contribution in [0.15, 0.2) is 29.2 Å². The van der Waals surface area contributed by atoms with E-state index in [1.807, 2.05) is 12.1 Å². The normalized spacial score (nSPS) is 19.2. The maximum absolute atomic E-state index is 12.1. The molecule has 0 bridgehead atoms. The summed E-state index contributed by atoms with van der Waals surface area (Å²) >= 11 is 0.574. The maximum Gasteiger partial charge on any atom is 0.288 e. The minimum atomic E-state index is -2.36. The van der Waals surface area contributed by atoms with Gasteiger partial charge in [-0.05, 0) is 30.5 Å². The largest absolute Gasteiger partial charge is 0.321 e. The van der Waals surface area contributed by atoms with Crippen LogP contribution in [0.4, 0.5) is 8.78 Å². The quantitative estimate of drug-likeness (QED) is 0.819. The molecule has 0 unspecified atom stereocenters. The van der Waals surface area contributed by atoms with E-state index >= 15 is 0 Å². The van der Waals surface area contributed by atoms with E-state index < -0.39 is 5.76 Å². The highest BCUT2D eigenvalue weighted by atomic mass is 32.2. The van der Waals surface area contributed by atoms with Gasteiger partial charge in [0.25, 0.3) is 5.76 Å². The van der Waals surface area contributed by atoms with Crippen molar-refractivity contribution in [3.8, 4) is 0 Å². The Bertz CT molecular complexity index is 345. The van der Waals surface area contributed by atoms with Crippen molar-refractivity contribution in [3.05, 3.63) is 29.8 Å². The molecule has 88 valence electrons. The molecule has 1 saturated carbocycles. The molecule has 0 heterocycles. The van der Waals surface area contributed by atoms with Crippen molar-refractivity contribution < 1.29 is 8.78 Å². The van der Waals surface area contributed by atoms with Crippen LogP contribution in [0.3, 0.4) is 0 Å². The maximum atomic E-state index is 12.1. The monoisotopic (exact) mass is 243 g/mol. The van der Waals surface area contributed by atoms with Gasteiger partial charge in [-0.2, -0.15) is 8.78 Å². The second-order valence-corrected chi connectivity index (χ2v) is 5.33. The fourth-order valence-corrected chi connectivity index (χ4v) is 2.76. The molecule has 1 nitrogen and oxygen atoms in total. The number of thioether (sulfide) groups is 1. The van der Waals surface area contributed by atoms with Gasteiger partial charge in [-0.15, -0.1) is 0 Å². The molecule has 1 aromatic carbocycles. The van der Waals surface area contributed by atoms with Crippen LogP contribution in [0.25, 0.3) is 0 Å². The van der Waals surface area contributed by atoms with E-state index in [9.17, 15) is 8.78 Å². The van der Waals surface area contributed by atoms with E-state index in [2.05, 4.69) is 0 Å². The number of rotatable bonds is 3. The van der Waals surface area contributed by atoms with E-state index in [-0.39, 0.29) is 5.54 Å². The topological polar surface area (TPSA) is 26.0 Å². The lowest BCUT2D eigenvalue weighted by Gasteiger charge is -2.24. The Morgan fingerprint density at radius 1 is 1.12 bits per heavy atom. The summed E-state index contributed by atoms with van der Waals surface area (Å²) in [7, 11) is 0. The molecule has 2 N–H and O–H groups in total. The Labute approximate surface area is 98.4 Å². The number of benzene rings is 1. The van der Waals surface area contributed by atoms with Gasteiger partial charge in [0, 0.05) is 10.4 Å². The molecule has 4 heteroatoms. The standard InChI is InChI=1S/C12H15F2NS/c13-11(14)16-10-5-3-9(4-6-10)12(15)7-1-2-8-12/h3-6,11H,1-2,7-8,15H2. The SMILES string of the molecule is NC1(c2ccc(SC(F)F)cc2)CCCC1. The van der Waals surface area contributed by atoms with Crippen molar-refractivity contribution in [1.82, 2.24) is 0 Å². The Morgan fingerprint density at radius 2 is 1.69 bits per heavy atom. The number of halogens is 2. The molecule has 0 spiro atoms. The van der Waals surface area contributed by atoms with Gasteiger partial charge >= 0.3 is 0 Å². The number of hydrogen-bond acceptors (Lipinski definition) is 2. The Morgan fingerprint density at radius 3 is 2.19 bits per heavy atom. The van der Waals surface area contributed by atoms with E-state index in [1.54, 1.807) is 12.1 Å². The first kappa shape index (κ1) is 11.9. The lowest BCUT2D eigenvalue weighted by Crippen LogP contribution is -2.32. The predicted octanol–water partition coefficient (Wildman–Crippen LogP) is 3.73. The van der Waals surface area contributed by atoms with Gasteiger partial charge in [0.05, 0.1) is 0 Å². The van der Waals surface area contributed by atoms with Gasteiger partial charge in [0.1, 0.15) is 0 Å². The summed E-state index contributed by atoms with van der Waals surface area (Å²) in [5.41, 5.74) is 7.12. The van der Waals surface area contributed by atoms with Crippen LogP contribution < -0.4 is 5.73 Å². The molecule has 1 aliphatic carbocycles. The second kappa shape index (κ2) is 4.72. The number of alkyl halides is 2. The van der Waals surface area contributed by atoms with Crippen molar-refractivity contribution >= 4 is 11.8 Å². The predicted molar refractivity (Wildman–Crippen MR) is 62.6 cm³/mol. The Hall–Kier alpha value is -0.610. The zero-order valence-electron chi connectivity index (χ0n) is 8.96. The van der Waals surface area contributed by atoms with Gasteiger partial charge in [-0.3, -0.25) is 0 Å². The summed E-state index contributed by atoms with van der Waals surface area (Å²) in [5, 5.41) is 0. The lowest BCUT2D eigenvalue weighted by atomic mass is 9.90. The van der Waals surface area contributed by atoms with Crippen molar-refractivity contribution in [3.63, 3.8) is 0 Å². The van der Waals surface area contributed by atoms with Crippen molar-refractivity contribution in [1.29, 1.82) is 0 Å². The third-order valence-electron chi connectivity index (χ3n) is 3.15.